The molecule has 0 N–H and O–H groups in total. The van der Waals surface area contributed by atoms with E-state index in [9.17, 15) is 4.79 Å². The first-order chi connectivity index (χ1) is 12.8. The minimum absolute atomic E-state index is 0.0974. The molecule has 0 heterocycles. The Kier molecular flexibility index (Phi) is 6.06. The van der Waals surface area contributed by atoms with Crippen LogP contribution in [0.5, 0.6) is 0 Å². The third-order valence-corrected chi connectivity index (χ3v) is 11.2. The highest BCUT2D eigenvalue weighted by molar-refractivity contribution is 6.74. The Morgan fingerprint density at radius 1 is 1.18 bits per heavy atom. The highest BCUT2D eigenvalue weighted by Crippen LogP contribution is 2.54. The maximum absolute atomic E-state index is 13.1. The molecule has 0 saturated heterocycles. The van der Waals surface area contributed by atoms with Gasteiger partial charge in [0.1, 0.15) is 0 Å². The van der Waals surface area contributed by atoms with Crippen molar-refractivity contribution in [3.8, 4) is 0 Å². The number of hydrogen-bond acceptors (Lipinski definition) is 3. The zero-order chi connectivity index (χ0) is 21.4. The fourth-order valence-electron chi connectivity index (χ4n) is 3.61. The number of carbonyl (C=O) groups is 1. The Morgan fingerprint density at radius 2 is 1.75 bits per heavy atom. The summed E-state index contributed by atoms with van der Waals surface area (Å²) in [4.78, 5) is 13.1. The largest absolute Gasteiger partial charge is 0.546 e. The van der Waals surface area contributed by atoms with Crippen molar-refractivity contribution >= 4 is 14.3 Å². The summed E-state index contributed by atoms with van der Waals surface area (Å²) in [6, 6.07) is 10.1. The van der Waals surface area contributed by atoms with Crippen molar-refractivity contribution in [2.45, 2.75) is 71.5 Å². The smallest absolute Gasteiger partial charge is 0.317 e. The van der Waals surface area contributed by atoms with Crippen LogP contribution in [-0.4, -0.2) is 20.9 Å². The number of ether oxygens (including phenoxy) is 1. The van der Waals surface area contributed by atoms with Crippen molar-refractivity contribution in [2.24, 2.45) is 5.41 Å². The van der Waals surface area contributed by atoms with Crippen LogP contribution in [0.15, 0.2) is 54.3 Å². The molecule has 2 atom stereocenters. The molecule has 2 rings (SSSR count). The lowest BCUT2D eigenvalue weighted by Gasteiger charge is -2.49. The van der Waals surface area contributed by atoms with E-state index in [0.717, 1.165) is 16.9 Å². The van der Waals surface area contributed by atoms with Gasteiger partial charge in [-0.25, -0.2) is 0 Å². The van der Waals surface area contributed by atoms with Gasteiger partial charge >= 0.3 is 5.97 Å². The topological polar surface area (TPSA) is 35.5 Å². The van der Waals surface area contributed by atoms with Gasteiger partial charge in [-0.3, -0.25) is 4.79 Å². The van der Waals surface area contributed by atoms with Gasteiger partial charge in [0.05, 0.1) is 17.8 Å². The van der Waals surface area contributed by atoms with Gasteiger partial charge in [-0.2, -0.15) is 0 Å². The third kappa shape index (κ3) is 3.71. The van der Waals surface area contributed by atoms with E-state index < -0.39 is 19.1 Å². The van der Waals surface area contributed by atoms with Crippen LogP contribution in [-0.2, 0) is 19.4 Å². The summed E-state index contributed by atoms with van der Waals surface area (Å²) in [5.74, 6) is 0.693. The van der Waals surface area contributed by atoms with Gasteiger partial charge in [0.15, 0.2) is 0 Å². The molecule has 0 aromatic heterocycles. The molecule has 1 aromatic rings. The van der Waals surface area contributed by atoms with E-state index >= 15 is 0 Å². The molecular weight excluding hydrogens is 364 g/mol. The highest BCUT2D eigenvalue weighted by atomic mass is 28.4. The molecule has 1 aliphatic carbocycles. The van der Waals surface area contributed by atoms with Crippen molar-refractivity contribution in [1.29, 1.82) is 0 Å². The first-order valence-corrected chi connectivity index (χ1v) is 13.0. The molecule has 0 aliphatic heterocycles. The second-order valence-electron chi connectivity index (χ2n) is 9.67. The molecular formula is C24H36O3Si. The number of benzene rings is 1. The minimum atomic E-state index is -2.00. The second kappa shape index (κ2) is 7.55. The van der Waals surface area contributed by atoms with Crippen molar-refractivity contribution < 1.29 is 14.0 Å². The SMILES string of the molecule is C=C1CC(O[Si](C)(C)C(C)(C)C)=C[C@](C)(c2ccccc2)[C@]1(C)C(=O)OCC. The molecule has 0 spiro atoms. The van der Waals surface area contributed by atoms with E-state index in [1.165, 1.54) is 0 Å². The van der Waals surface area contributed by atoms with Crippen LogP contribution >= 0.6 is 0 Å². The van der Waals surface area contributed by atoms with E-state index in [1.54, 1.807) is 0 Å². The van der Waals surface area contributed by atoms with Crippen LogP contribution in [0.1, 0.15) is 53.5 Å². The Hall–Kier alpha value is -1.81. The fourth-order valence-corrected chi connectivity index (χ4v) is 4.70. The Bertz CT molecular complexity index is 773. The normalized spacial score (nSPS) is 25.9. The molecule has 0 radical (unpaired) electrons. The van der Waals surface area contributed by atoms with Crippen molar-refractivity contribution in [3.63, 3.8) is 0 Å². The highest BCUT2D eigenvalue weighted by Gasteiger charge is 2.56. The summed E-state index contributed by atoms with van der Waals surface area (Å²) in [5, 5.41) is 0.0974. The fraction of sp³-hybridized carbons (Fsp3) is 0.542. The van der Waals surface area contributed by atoms with Gasteiger partial charge in [0, 0.05) is 11.8 Å². The predicted molar refractivity (Wildman–Crippen MR) is 119 cm³/mol. The zero-order valence-corrected chi connectivity index (χ0v) is 19.8. The lowest BCUT2D eigenvalue weighted by molar-refractivity contribution is -0.155. The van der Waals surface area contributed by atoms with E-state index in [1.807, 2.05) is 32.0 Å². The summed E-state index contributed by atoms with van der Waals surface area (Å²) in [6.45, 7) is 21.8. The van der Waals surface area contributed by atoms with E-state index in [2.05, 4.69) is 65.6 Å². The lowest BCUT2D eigenvalue weighted by atomic mass is 9.55. The predicted octanol–water partition coefficient (Wildman–Crippen LogP) is 6.38. The molecule has 0 amide bonds. The van der Waals surface area contributed by atoms with Gasteiger partial charge in [-0.05, 0) is 43.6 Å². The molecule has 0 bridgehead atoms. The van der Waals surface area contributed by atoms with Crippen LogP contribution in [0.2, 0.25) is 18.1 Å². The monoisotopic (exact) mass is 400 g/mol. The van der Waals surface area contributed by atoms with Crippen molar-refractivity contribution in [1.82, 2.24) is 0 Å². The average Bonchev–Trinajstić information content (AvgIpc) is 2.59. The molecule has 154 valence electrons. The summed E-state index contributed by atoms with van der Waals surface area (Å²) in [7, 11) is -2.00. The number of hydrogen-bond donors (Lipinski definition) is 0. The molecule has 4 heteroatoms. The number of esters is 1. The van der Waals surface area contributed by atoms with Crippen LogP contribution in [0.4, 0.5) is 0 Å². The first-order valence-electron chi connectivity index (χ1n) is 10.1. The molecule has 1 aliphatic rings. The van der Waals surface area contributed by atoms with Crippen LogP contribution in [0.3, 0.4) is 0 Å². The molecule has 0 fully saturated rings. The molecule has 0 saturated carbocycles. The third-order valence-electron chi connectivity index (χ3n) is 6.83. The molecule has 28 heavy (non-hydrogen) atoms. The van der Waals surface area contributed by atoms with Gasteiger partial charge in [0.2, 0.25) is 8.32 Å². The van der Waals surface area contributed by atoms with Crippen LogP contribution in [0, 0.1) is 5.41 Å². The first kappa shape index (κ1) is 22.5. The summed E-state index contributed by atoms with van der Waals surface area (Å²) in [6.07, 6.45) is 2.71. The standard InChI is InChI=1S/C24H36O3Si/c1-10-26-21(25)24(7)18(2)16-20(27-28(8,9)22(3,4)5)17-23(24,6)19-14-12-11-13-15-19/h11-15,17H,2,10,16H2,1,3-9H3/t23-,24+/m1/s1. The second-order valence-corrected chi connectivity index (χ2v) is 14.4. The Labute approximate surface area is 172 Å². The lowest BCUT2D eigenvalue weighted by Crippen LogP contribution is -2.51. The Morgan fingerprint density at radius 3 is 2.25 bits per heavy atom. The van der Waals surface area contributed by atoms with Gasteiger partial charge in [-0.15, -0.1) is 0 Å². The molecule has 3 nitrogen and oxygen atoms in total. The Balaban J connectivity index is 2.63. The van der Waals surface area contributed by atoms with E-state index in [4.69, 9.17) is 9.16 Å². The molecule has 0 unspecified atom stereocenters. The van der Waals surface area contributed by atoms with E-state index in [0.29, 0.717) is 13.0 Å². The number of allylic oxidation sites excluding steroid dienone is 2. The molecule has 1 aromatic carbocycles. The van der Waals surface area contributed by atoms with Gasteiger partial charge in [0.25, 0.3) is 0 Å². The van der Waals surface area contributed by atoms with Gasteiger partial charge < -0.3 is 9.16 Å². The average molecular weight is 401 g/mol. The number of rotatable bonds is 5. The van der Waals surface area contributed by atoms with Gasteiger partial charge in [-0.1, -0.05) is 70.2 Å². The maximum Gasteiger partial charge on any atom is 0.317 e. The zero-order valence-electron chi connectivity index (χ0n) is 18.8. The van der Waals surface area contributed by atoms with Crippen molar-refractivity contribution in [2.75, 3.05) is 6.61 Å². The quantitative estimate of drug-likeness (QED) is 0.327. The maximum atomic E-state index is 13.1. The minimum Gasteiger partial charge on any atom is -0.546 e. The van der Waals surface area contributed by atoms with Crippen LogP contribution < -0.4 is 0 Å². The summed E-state index contributed by atoms with van der Waals surface area (Å²) >= 11 is 0. The number of carbonyl (C=O) groups excluding carboxylic acids is 1. The van der Waals surface area contributed by atoms with E-state index in [-0.39, 0.29) is 11.0 Å². The van der Waals surface area contributed by atoms with Crippen LogP contribution in [0.25, 0.3) is 0 Å². The van der Waals surface area contributed by atoms with Crippen molar-refractivity contribution in [3.05, 3.63) is 59.9 Å². The summed E-state index contributed by atoms with van der Waals surface area (Å²) < 4.78 is 12.2. The summed E-state index contributed by atoms with van der Waals surface area (Å²) in [5.41, 5.74) is 0.439.